The molecule has 1 rings (SSSR count). The van der Waals surface area contributed by atoms with Gasteiger partial charge in [0.1, 0.15) is 0 Å². The summed E-state index contributed by atoms with van der Waals surface area (Å²) >= 11 is 4.50. The van der Waals surface area contributed by atoms with Gasteiger partial charge in [0.25, 0.3) is 0 Å². The van der Waals surface area contributed by atoms with Crippen LogP contribution in [-0.2, 0) is 4.74 Å². The monoisotopic (exact) mass is 238 g/mol. The van der Waals surface area contributed by atoms with Gasteiger partial charge in [-0.3, -0.25) is 4.79 Å². The fourth-order valence-electron chi connectivity index (χ4n) is 1.12. The van der Waals surface area contributed by atoms with Gasteiger partial charge in [0, 0.05) is 0 Å². The molecule has 4 nitrogen and oxygen atoms in total. The first-order valence-corrected chi connectivity index (χ1v) is 5.30. The molecule has 5 heteroatoms. The lowest BCUT2D eigenvalue weighted by molar-refractivity contribution is 0.155. The summed E-state index contributed by atoms with van der Waals surface area (Å²) in [6.07, 6.45) is -0.0342. The third-order valence-electron chi connectivity index (χ3n) is 1.81. The molecule has 0 saturated heterocycles. The number of carbonyl (C=O) groups is 2. The Bertz CT molecular complexity index is 367. The minimum absolute atomic E-state index is 0.269. The van der Waals surface area contributed by atoms with Gasteiger partial charge in [0.05, 0.1) is 12.3 Å². The zero-order valence-electron chi connectivity index (χ0n) is 8.88. The summed E-state index contributed by atoms with van der Waals surface area (Å²) in [5, 5.41) is -0.771. The smallest absolute Gasteiger partial charge is 0.422 e. The van der Waals surface area contributed by atoms with Crippen LogP contribution >= 0.6 is 12.6 Å². The molecule has 0 aromatic heterocycles. The molecule has 0 unspecified atom stereocenters. The average molecular weight is 238 g/mol. The van der Waals surface area contributed by atoms with Gasteiger partial charge in [0.2, 0.25) is 0 Å². The van der Waals surface area contributed by atoms with Gasteiger partial charge in [-0.05, 0) is 31.2 Å². The van der Waals surface area contributed by atoms with Crippen molar-refractivity contribution in [3.63, 3.8) is 0 Å². The fraction of sp³-hybridized carbons (Fsp3) is 0.273. The number of hydrogen-bond acceptors (Lipinski definition) is 3. The van der Waals surface area contributed by atoms with Crippen molar-refractivity contribution in [3.8, 4) is 0 Å². The normalized spacial score (nSPS) is 9.56. The fourth-order valence-corrected chi connectivity index (χ4v) is 1.30. The number of benzene rings is 1. The molecule has 16 heavy (non-hydrogen) atoms. The van der Waals surface area contributed by atoms with Crippen LogP contribution in [0.1, 0.15) is 13.3 Å². The highest BCUT2D eigenvalue weighted by Gasteiger charge is 2.22. The second-order valence-corrected chi connectivity index (χ2v) is 3.40. The number of rotatable bonds is 3. The van der Waals surface area contributed by atoms with E-state index < -0.39 is 11.3 Å². The van der Waals surface area contributed by atoms with Crippen molar-refractivity contribution < 1.29 is 14.3 Å². The van der Waals surface area contributed by atoms with Crippen molar-refractivity contribution in [2.45, 2.75) is 13.3 Å². The van der Waals surface area contributed by atoms with Crippen LogP contribution in [0.25, 0.3) is 0 Å². The second-order valence-electron chi connectivity index (χ2n) is 3.05. The molecule has 0 fully saturated rings. The Morgan fingerprint density at radius 1 is 1.31 bits per heavy atom. The van der Waals surface area contributed by atoms with E-state index in [4.69, 9.17) is 4.74 Å². The van der Waals surface area contributed by atoms with Crippen LogP contribution in [-0.4, -0.2) is 17.9 Å². The number of carbonyl (C=O) groups excluding carboxylic acids is 2. The molecule has 1 radical (unpaired) electrons. The van der Waals surface area contributed by atoms with E-state index in [0.717, 1.165) is 4.90 Å². The molecule has 0 spiro atoms. The molecule has 0 bridgehead atoms. The molecule has 1 aromatic carbocycles. The molecule has 0 aliphatic carbocycles. The van der Waals surface area contributed by atoms with E-state index in [1.807, 2.05) is 6.92 Å². The van der Waals surface area contributed by atoms with Crippen molar-refractivity contribution in [3.05, 3.63) is 30.3 Å². The number of ether oxygens (including phenoxy) is 1. The number of anilines is 1. The highest BCUT2D eigenvalue weighted by Crippen LogP contribution is 2.16. The quantitative estimate of drug-likeness (QED) is 0.811. The summed E-state index contributed by atoms with van der Waals surface area (Å²) in [6.45, 7) is 2.14. The summed E-state index contributed by atoms with van der Waals surface area (Å²) in [5.74, 6) is 0. The first kappa shape index (κ1) is 12.4. The minimum Gasteiger partial charge on any atom is -0.449 e. The van der Waals surface area contributed by atoms with E-state index in [1.165, 1.54) is 0 Å². The van der Waals surface area contributed by atoms with Crippen LogP contribution in [0.4, 0.5) is 15.3 Å². The Labute approximate surface area is 99.6 Å². The van der Waals surface area contributed by atoms with E-state index in [0.29, 0.717) is 12.1 Å². The maximum absolute atomic E-state index is 11.6. The average Bonchev–Trinajstić information content (AvgIpc) is 2.27. The van der Waals surface area contributed by atoms with Crippen molar-refractivity contribution >= 4 is 29.6 Å². The van der Waals surface area contributed by atoms with Crippen molar-refractivity contribution in [1.29, 1.82) is 0 Å². The number of hydrogen-bond donors (Lipinski definition) is 0. The summed E-state index contributed by atoms with van der Waals surface area (Å²) in [4.78, 5) is 23.6. The van der Waals surface area contributed by atoms with Crippen LogP contribution in [0.15, 0.2) is 30.3 Å². The molecule has 0 heterocycles. The molecule has 0 saturated carbocycles. The standard InChI is InChI=1S/C11H12NO3S/c1-2-8-15-10(13)12(11(14)16)9-6-4-3-5-7-9/h3-7H,2,8H2,1H3. The number of amides is 2. The zero-order valence-corrected chi connectivity index (χ0v) is 9.70. The third-order valence-corrected chi connectivity index (χ3v) is 1.99. The zero-order chi connectivity index (χ0) is 12.0. The third kappa shape index (κ3) is 3.20. The van der Waals surface area contributed by atoms with Crippen LogP contribution in [0.5, 0.6) is 0 Å². The van der Waals surface area contributed by atoms with Crippen molar-refractivity contribution in [2.24, 2.45) is 0 Å². The van der Waals surface area contributed by atoms with Crippen LogP contribution in [0, 0.1) is 0 Å². The predicted molar refractivity (Wildman–Crippen MR) is 63.5 cm³/mol. The maximum Gasteiger partial charge on any atom is 0.422 e. The van der Waals surface area contributed by atoms with E-state index in [9.17, 15) is 9.59 Å². The van der Waals surface area contributed by atoms with Gasteiger partial charge in [-0.15, -0.1) is 0 Å². The number of imide groups is 1. The van der Waals surface area contributed by atoms with Gasteiger partial charge >= 0.3 is 11.3 Å². The SMILES string of the molecule is CCCOC(=O)N(C(=O)[S])c1ccccc1. The van der Waals surface area contributed by atoms with Gasteiger partial charge < -0.3 is 4.74 Å². The number of nitrogens with zero attached hydrogens (tertiary/aromatic N) is 1. The Morgan fingerprint density at radius 3 is 2.44 bits per heavy atom. The molecule has 0 aliphatic heterocycles. The van der Waals surface area contributed by atoms with Gasteiger partial charge in [-0.2, -0.15) is 0 Å². The summed E-state index contributed by atoms with van der Waals surface area (Å²) in [7, 11) is 0. The Hall–Kier alpha value is -1.62. The topological polar surface area (TPSA) is 46.6 Å². The predicted octanol–water partition coefficient (Wildman–Crippen LogP) is 3.36. The molecule has 0 atom stereocenters. The van der Waals surface area contributed by atoms with Crippen molar-refractivity contribution in [2.75, 3.05) is 11.5 Å². The second kappa shape index (κ2) is 6.07. The van der Waals surface area contributed by atoms with Crippen LogP contribution < -0.4 is 4.90 Å². The molecule has 2 amide bonds. The highest BCUT2D eigenvalue weighted by molar-refractivity contribution is 7.97. The molecule has 0 N–H and O–H groups in total. The molecular formula is C11H12NO3S. The van der Waals surface area contributed by atoms with Gasteiger partial charge in [0.15, 0.2) is 0 Å². The minimum atomic E-state index is -0.771. The Kier molecular flexibility index (Phi) is 4.72. The Morgan fingerprint density at radius 2 is 1.94 bits per heavy atom. The highest BCUT2D eigenvalue weighted by atomic mass is 32.1. The number of para-hydroxylation sites is 1. The molecule has 85 valence electrons. The first-order valence-electron chi connectivity index (χ1n) is 4.89. The van der Waals surface area contributed by atoms with Gasteiger partial charge in [-0.1, -0.05) is 25.1 Å². The van der Waals surface area contributed by atoms with E-state index in [2.05, 4.69) is 12.6 Å². The van der Waals surface area contributed by atoms with E-state index >= 15 is 0 Å². The maximum atomic E-state index is 11.6. The summed E-state index contributed by atoms with van der Waals surface area (Å²) < 4.78 is 4.87. The molecular weight excluding hydrogens is 226 g/mol. The lowest BCUT2D eigenvalue weighted by atomic mass is 10.3. The molecule has 1 aromatic rings. The largest absolute Gasteiger partial charge is 0.449 e. The summed E-state index contributed by atoms with van der Waals surface area (Å²) in [6, 6.07) is 8.46. The van der Waals surface area contributed by atoms with Gasteiger partial charge in [-0.25, -0.2) is 9.69 Å². The van der Waals surface area contributed by atoms with Crippen LogP contribution in [0.2, 0.25) is 0 Å². The van der Waals surface area contributed by atoms with Crippen molar-refractivity contribution in [1.82, 2.24) is 0 Å². The van der Waals surface area contributed by atoms with E-state index in [-0.39, 0.29) is 6.61 Å². The van der Waals surface area contributed by atoms with Crippen LogP contribution in [0.3, 0.4) is 0 Å². The lowest BCUT2D eigenvalue weighted by Crippen LogP contribution is -2.33. The first-order chi connectivity index (χ1) is 7.66. The van der Waals surface area contributed by atoms with E-state index in [1.54, 1.807) is 30.3 Å². The lowest BCUT2D eigenvalue weighted by Gasteiger charge is -2.16. The molecule has 0 aliphatic rings. The summed E-state index contributed by atoms with van der Waals surface area (Å²) in [5.41, 5.74) is 0.420. The Balaban J connectivity index is 2.84.